The van der Waals surface area contributed by atoms with E-state index in [4.69, 9.17) is 0 Å². The molecule has 2 aromatic carbocycles. The van der Waals surface area contributed by atoms with E-state index in [-0.39, 0.29) is 23.4 Å². The van der Waals surface area contributed by atoms with Crippen LogP contribution in [0.5, 0.6) is 0 Å². The average Bonchev–Trinajstić information content (AvgIpc) is 3.09. The molecule has 3 rings (SSSR count). The second-order valence-corrected chi connectivity index (χ2v) is 9.29. The Morgan fingerprint density at radius 3 is 2.48 bits per heavy atom. The van der Waals surface area contributed by atoms with Crippen molar-refractivity contribution in [1.82, 2.24) is 9.62 Å². The molecule has 1 aliphatic carbocycles. The summed E-state index contributed by atoms with van der Waals surface area (Å²) in [7, 11) is -2.26. The van der Waals surface area contributed by atoms with Gasteiger partial charge in [-0.25, -0.2) is 8.42 Å². The summed E-state index contributed by atoms with van der Waals surface area (Å²) in [6.45, 7) is 3.60. The minimum Gasteiger partial charge on any atom is -0.348 e. The number of hydrogen-bond donors (Lipinski definition) is 1. The Bertz CT molecular complexity index is 936. The monoisotopic (exact) mass is 386 g/mol. The zero-order valence-electron chi connectivity index (χ0n) is 16.0. The Morgan fingerprint density at radius 1 is 1.11 bits per heavy atom. The number of carbonyl (C=O) groups is 1. The number of carbonyl (C=O) groups excluding carboxylic acids is 1. The molecule has 0 saturated carbocycles. The molecular weight excluding hydrogens is 360 g/mol. The van der Waals surface area contributed by atoms with Crippen LogP contribution in [0.4, 0.5) is 0 Å². The van der Waals surface area contributed by atoms with E-state index in [0.29, 0.717) is 0 Å². The lowest BCUT2D eigenvalue weighted by molar-refractivity contribution is -0.121. The second-order valence-electron chi connectivity index (χ2n) is 7.25. The number of aryl methyl sites for hydroxylation is 3. The van der Waals surface area contributed by atoms with Crippen LogP contribution < -0.4 is 5.32 Å². The van der Waals surface area contributed by atoms with E-state index in [1.165, 1.54) is 24.6 Å². The van der Waals surface area contributed by atoms with Crippen molar-refractivity contribution in [2.45, 2.75) is 44.0 Å². The quantitative estimate of drug-likeness (QED) is 0.830. The molecule has 1 atom stereocenters. The highest BCUT2D eigenvalue weighted by atomic mass is 32.2. The van der Waals surface area contributed by atoms with Crippen molar-refractivity contribution in [3.05, 3.63) is 64.7 Å². The Balaban J connectivity index is 1.63. The van der Waals surface area contributed by atoms with Crippen LogP contribution >= 0.6 is 0 Å². The van der Waals surface area contributed by atoms with Gasteiger partial charge in [-0.3, -0.25) is 4.79 Å². The van der Waals surface area contributed by atoms with Gasteiger partial charge in [0.25, 0.3) is 0 Å². The molecule has 0 bridgehead atoms. The predicted octanol–water partition coefficient (Wildman–Crippen LogP) is 2.98. The van der Waals surface area contributed by atoms with E-state index in [1.807, 2.05) is 19.9 Å². The Labute approximate surface area is 161 Å². The molecule has 0 aliphatic heterocycles. The van der Waals surface area contributed by atoms with Crippen LogP contribution in [0.3, 0.4) is 0 Å². The number of benzene rings is 2. The normalized spacial score (nSPS) is 14.8. The van der Waals surface area contributed by atoms with E-state index in [1.54, 1.807) is 24.3 Å². The summed E-state index contributed by atoms with van der Waals surface area (Å²) in [5, 5.41) is 2.91. The first-order valence-corrected chi connectivity index (χ1v) is 10.7. The van der Waals surface area contributed by atoms with Crippen LogP contribution in [0.25, 0.3) is 0 Å². The topological polar surface area (TPSA) is 66.5 Å². The average molecular weight is 387 g/mol. The summed E-state index contributed by atoms with van der Waals surface area (Å²) in [6.07, 6.45) is 3.39. The van der Waals surface area contributed by atoms with Gasteiger partial charge in [0.2, 0.25) is 15.9 Å². The smallest absolute Gasteiger partial charge is 0.243 e. The molecule has 1 N–H and O–H groups in total. The second kappa shape index (κ2) is 7.82. The van der Waals surface area contributed by atoms with E-state index >= 15 is 0 Å². The number of fused-ring (bicyclic) bond motifs is 1. The van der Waals surface area contributed by atoms with E-state index in [0.717, 1.165) is 28.3 Å². The Kier molecular flexibility index (Phi) is 5.67. The highest BCUT2D eigenvalue weighted by Gasteiger charge is 2.23. The molecule has 0 radical (unpaired) electrons. The van der Waals surface area contributed by atoms with Crippen molar-refractivity contribution in [2.24, 2.45) is 0 Å². The fourth-order valence-electron chi connectivity index (χ4n) is 3.41. The number of nitrogens with zero attached hydrogens (tertiary/aromatic N) is 1. The number of sulfonamides is 1. The molecule has 144 valence electrons. The highest BCUT2D eigenvalue weighted by Crippen LogP contribution is 2.25. The van der Waals surface area contributed by atoms with Gasteiger partial charge in [-0.1, -0.05) is 35.9 Å². The number of hydrogen-bond acceptors (Lipinski definition) is 3. The van der Waals surface area contributed by atoms with Crippen LogP contribution in [0, 0.1) is 6.92 Å². The molecule has 0 spiro atoms. The zero-order valence-corrected chi connectivity index (χ0v) is 16.8. The van der Waals surface area contributed by atoms with Crippen molar-refractivity contribution < 1.29 is 13.2 Å². The molecule has 5 nitrogen and oxygen atoms in total. The Hall–Kier alpha value is -2.18. The maximum Gasteiger partial charge on any atom is 0.243 e. The van der Waals surface area contributed by atoms with Crippen LogP contribution in [0.1, 0.15) is 41.6 Å². The maximum absolute atomic E-state index is 12.6. The molecule has 0 saturated heterocycles. The van der Waals surface area contributed by atoms with Crippen molar-refractivity contribution in [3.63, 3.8) is 0 Å². The third kappa shape index (κ3) is 4.39. The lowest BCUT2D eigenvalue weighted by Gasteiger charge is -2.20. The summed E-state index contributed by atoms with van der Waals surface area (Å²) in [5.74, 6) is -0.318. The molecular formula is C21H26N2O3S. The van der Waals surface area contributed by atoms with Gasteiger partial charge in [0.05, 0.1) is 17.5 Å². The van der Waals surface area contributed by atoms with Crippen LogP contribution in [0.2, 0.25) is 0 Å². The first-order valence-electron chi connectivity index (χ1n) is 9.21. The third-order valence-electron chi connectivity index (χ3n) is 5.10. The minimum atomic E-state index is -3.69. The maximum atomic E-state index is 12.6. The van der Waals surface area contributed by atoms with Crippen LogP contribution in [-0.4, -0.2) is 32.2 Å². The van der Waals surface area contributed by atoms with E-state index in [2.05, 4.69) is 17.4 Å². The molecule has 6 heteroatoms. The fraction of sp³-hybridized carbons (Fsp3) is 0.381. The van der Waals surface area contributed by atoms with Gasteiger partial charge in [0, 0.05) is 7.05 Å². The van der Waals surface area contributed by atoms with Gasteiger partial charge >= 0.3 is 0 Å². The minimum absolute atomic E-state index is 0.168. The molecule has 0 fully saturated rings. The number of amides is 1. The van der Waals surface area contributed by atoms with Gasteiger partial charge in [0.15, 0.2) is 0 Å². The van der Waals surface area contributed by atoms with Crippen molar-refractivity contribution >= 4 is 15.9 Å². The summed E-state index contributed by atoms with van der Waals surface area (Å²) in [4.78, 5) is 12.6. The first kappa shape index (κ1) is 19.6. The summed E-state index contributed by atoms with van der Waals surface area (Å²) < 4.78 is 26.3. The van der Waals surface area contributed by atoms with Crippen molar-refractivity contribution in [3.8, 4) is 0 Å². The molecule has 0 unspecified atom stereocenters. The van der Waals surface area contributed by atoms with Crippen LogP contribution in [-0.2, 0) is 27.7 Å². The number of likely N-dealkylation sites (N-methyl/N-ethyl adjacent to an activating group) is 1. The Morgan fingerprint density at radius 2 is 1.78 bits per heavy atom. The molecule has 0 aromatic heterocycles. The van der Waals surface area contributed by atoms with Crippen molar-refractivity contribution in [2.75, 3.05) is 13.6 Å². The zero-order chi connectivity index (χ0) is 19.6. The summed E-state index contributed by atoms with van der Waals surface area (Å²) in [5.41, 5.74) is 4.78. The largest absolute Gasteiger partial charge is 0.348 e. The third-order valence-corrected chi connectivity index (χ3v) is 6.91. The highest BCUT2D eigenvalue weighted by molar-refractivity contribution is 7.89. The lowest BCUT2D eigenvalue weighted by atomic mass is 10.0. The molecule has 2 aromatic rings. The standard InChI is InChI=1S/C21H26N2O3S/c1-15-7-11-20(12-8-15)27(25,26)23(3)14-21(24)22-16(2)18-10-9-17-5-4-6-19(17)13-18/h7-13,16H,4-6,14H2,1-3H3,(H,22,24)/t16-/m1/s1. The van der Waals surface area contributed by atoms with Gasteiger partial charge in [-0.15, -0.1) is 0 Å². The van der Waals surface area contributed by atoms with Gasteiger partial charge in [-0.2, -0.15) is 4.31 Å². The lowest BCUT2D eigenvalue weighted by Crippen LogP contribution is -2.39. The summed E-state index contributed by atoms with van der Waals surface area (Å²) >= 11 is 0. The van der Waals surface area contributed by atoms with Gasteiger partial charge < -0.3 is 5.32 Å². The molecule has 1 amide bonds. The molecule has 27 heavy (non-hydrogen) atoms. The first-order chi connectivity index (χ1) is 12.8. The molecule has 0 heterocycles. The van der Waals surface area contributed by atoms with Crippen LogP contribution in [0.15, 0.2) is 47.4 Å². The SMILES string of the molecule is Cc1ccc(S(=O)(=O)N(C)CC(=O)N[C@H](C)c2ccc3c(c2)CCC3)cc1. The number of rotatable bonds is 6. The molecule has 1 aliphatic rings. The van der Waals surface area contributed by atoms with E-state index in [9.17, 15) is 13.2 Å². The predicted molar refractivity (Wildman–Crippen MR) is 106 cm³/mol. The van der Waals surface area contributed by atoms with Crippen molar-refractivity contribution in [1.29, 1.82) is 0 Å². The van der Waals surface area contributed by atoms with Gasteiger partial charge in [-0.05, 0) is 61.9 Å². The number of nitrogens with one attached hydrogen (secondary N) is 1. The van der Waals surface area contributed by atoms with E-state index < -0.39 is 10.0 Å². The van der Waals surface area contributed by atoms with Gasteiger partial charge in [0.1, 0.15) is 0 Å². The summed E-state index contributed by atoms with van der Waals surface area (Å²) in [6, 6.07) is 12.8. The fourth-order valence-corrected chi connectivity index (χ4v) is 4.54.